The summed E-state index contributed by atoms with van der Waals surface area (Å²) < 4.78 is 5.16. The minimum Gasteiger partial charge on any atom is -0.375 e. The minimum atomic E-state index is -0.0404. The topological polar surface area (TPSA) is 13.1 Å². The Kier molecular flexibility index (Phi) is 5.45. The van der Waals surface area contributed by atoms with Gasteiger partial charge >= 0.3 is 6.85 Å². The van der Waals surface area contributed by atoms with Crippen molar-refractivity contribution in [2.75, 3.05) is 4.90 Å². The van der Waals surface area contributed by atoms with Crippen molar-refractivity contribution in [3.63, 3.8) is 0 Å². The molecule has 2 aromatic heterocycles. The number of aromatic nitrogens is 2. The first-order valence-corrected chi connectivity index (χ1v) is 18.8. The molecule has 0 amide bonds. The first-order valence-electron chi connectivity index (χ1n) is 18.8. The molecule has 0 atom stereocenters. The predicted molar refractivity (Wildman–Crippen MR) is 229 cm³/mol. The summed E-state index contributed by atoms with van der Waals surface area (Å²) in [5.41, 5.74) is 15.1. The SMILES string of the molecule is c1ccc(-n2c3ccccc3c3c4c5c(cc32)-c2cccc3c6ccccc6n(c23)B5c2ccc3ccccc3c2N4c2cccc3ccccc23)cc1. The largest absolute Gasteiger partial charge is 0.375 e. The Morgan fingerprint density at radius 2 is 1.06 bits per heavy atom. The zero-order valence-corrected chi connectivity index (χ0v) is 29.2. The van der Waals surface area contributed by atoms with Crippen molar-refractivity contribution >= 4 is 100.0 Å². The molecule has 0 fully saturated rings. The van der Waals surface area contributed by atoms with Crippen molar-refractivity contribution in [1.82, 2.24) is 9.05 Å². The highest BCUT2D eigenvalue weighted by atomic mass is 15.2. The van der Waals surface area contributed by atoms with Gasteiger partial charge in [0.2, 0.25) is 0 Å². The monoisotopic (exact) mass is 683 g/mol. The Morgan fingerprint density at radius 3 is 1.91 bits per heavy atom. The number of benzene rings is 9. The Hall–Kier alpha value is -7.04. The number of anilines is 3. The fourth-order valence-electron chi connectivity index (χ4n) is 10.2. The smallest absolute Gasteiger partial charge is 0.333 e. The van der Waals surface area contributed by atoms with Crippen molar-refractivity contribution in [2.45, 2.75) is 0 Å². The Bertz CT molecular complexity index is 3400. The van der Waals surface area contributed by atoms with Crippen LogP contribution in [-0.4, -0.2) is 15.9 Å². The fourth-order valence-corrected chi connectivity index (χ4v) is 10.2. The van der Waals surface area contributed by atoms with Crippen LogP contribution in [-0.2, 0) is 0 Å². The van der Waals surface area contributed by atoms with Gasteiger partial charge in [-0.2, -0.15) is 0 Å². The Labute approximate surface area is 311 Å². The number of hydrogen-bond donors (Lipinski definition) is 0. The van der Waals surface area contributed by atoms with Crippen LogP contribution in [0, 0.1) is 0 Å². The number of fused-ring (bicyclic) bond motifs is 14. The molecule has 248 valence electrons. The number of nitrogens with zero attached hydrogens (tertiary/aromatic N) is 3. The molecule has 3 nitrogen and oxygen atoms in total. The van der Waals surface area contributed by atoms with E-state index < -0.39 is 0 Å². The second-order valence-corrected chi connectivity index (χ2v) is 14.8. The molecule has 4 heterocycles. The van der Waals surface area contributed by atoms with Crippen LogP contribution < -0.4 is 15.8 Å². The van der Waals surface area contributed by atoms with Crippen molar-refractivity contribution in [3.8, 4) is 16.8 Å². The number of rotatable bonds is 2. The Balaban J connectivity index is 1.33. The highest BCUT2D eigenvalue weighted by Gasteiger charge is 2.45. The first kappa shape index (κ1) is 28.5. The zero-order chi connectivity index (χ0) is 35.1. The van der Waals surface area contributed by atoms with Gasteiger partial charge < -0.3 is 13.9 Å². The van der Waals surface area contributed by atoms with Crippen LogP contribution in [0.2, 0.25) is 0 Å². The summed E-state index contributed by atoms with van der Waals surface area (Å²) in [5, 5.41) is 10.1. The van der Waals surface area contributed by atoms with E-state index in [0.29, 0.717) is 0 Å². The summed E-state index contributed by atoms with van der Waals surface area (Å²) in [6.45, 7) is -0.0404. The zero-order valence-electron chi connectivity index (χ0n) is 29.2. The van der Waals surface area contributed by atoms with E-state index in [1.807, 2.05) is 0 Å². The summed E-state index contributed by atoms with van der Waals surface area (Å²) in [5.74, 6) is 0. The first-order chi connectivity index (χ1) is 26.8. The molecule has 0 saturated heterocycles. The van der Waals surface area contributed by atoms with Crippen LogP contribution in [0.4, 0.5) is 17.1 Å². The van der Waals surface area contributed by atoms with Crippen molar-refractivity contribution < 1.29 is 0 Å². The average molecular weight is 684 g/mol. The molecule has 0 spiro atoms. The highest BCUT2D eigenvalue weighted by Crippen LogP contribution is 2.52. The molecule has 9 aromatic carbocycles. The molecule has 0 bridgehead atoms. The van der Waals surface area contributed by atoms with Crippen LogP contribution in [0.5, 0.6) is 0 Å². The maximum atomic E-state index is 2.67. The van der Waals surface area contributed by atoms with Gasteiger partial charge in [-0.15, -0.1) is 0 Å². The quantitative estimate of drug-likeness (QED) is 0.165. The molecule has 0 radical (unpaired) electrons. The minimum absolute atomic E-state index is 0.0404. The lowest BCUT2D eigenvalue weighted by Crippen LogP contribution is -2.56. The van der Waals surface area contributed by atoms with E-state index in [1.165, 1.54) is 104 Å². The molecule has 4 heteroatoms. The third-order valence-electron chi connectivity index (χ3n) is 12.2. The lowest BCUT2D eigenvalue weighted by molar-refractivity contribution is 1.18. The highest BCUT2D eigenvalue weighted by molar-refractivity contribution is 6.90. The molecular formula is C50H30BN3. The van der Waals surface area contributed by atoms with Gasteiger partial charge in [-0.3, -0.25) is 0 Å². The fraction of sp³-hybridized carbons (Fsp3) is 0. The standard InChI is InChI=1S/C50H30BN3/c1-2-17-33(18-3-1)52-43-25-10-9-22-39(43)46-45(52)30-40-38-24-13-23-37-36-21-8-11-26-44(36)54(48(37)38)51-41-29-28-32-15-5-7-20-35(32)49(41)53(50(46)47(40)51)42-27-12-16-31-14-4-6-19-34(31)42/h1-30H. The maximum Gasteiger partial charge on any atom is 0.333 e. The average Bonchev–Trinajstić information content (AvgIpc) is 3.75. The van der Waals surface area contributed by atoms with Crippen LogP contribution in [0.15, 0.2) is 182 Å². The molecule has 11 aromatic rings. The van der Waals surface area contributed by atoms with Crippen LogP contribution >= 0.6 is 0 Å². The van der Waals surface area contributed by atoms with Gasteiger partial charge in [0.05, 0.1) is 28.1 Å². The molecular weight excluding hydrogens is 653 g/mol. The lowest BCUT2D eigenvalue weighted by atomic mass is 9.44. The van der Waals surface area contributed by atoms with Crippen molar-refractivity contribution in [2.24, 2.45) is 0 Å². The third-order valence-corrected chi connectivity index (χ3v) is 12.2. The molecule has 2 aliphatic rings. The van der Waals surface area contributed by atoms with Gasteiger partial charge in [0, 0.05) is 54.6 Å². The van der Waals surface area contributed by atoms with E-state index in [9.17, 15) is 0 Å². The molecule has 0 unspecified atom stereocenters. The Morgan fingerprint density at radius 1 is 0.407 bits per heavy atom. The maximum absolute atomic E-state index is 2.67. The number of para-hydroxylation sites is 4. The van der Waals surface area contributed by atoms with Gasteiger partial charge in [-0.05, 0) is 63.7 Å². The molecule has 13 rings (SSSR count). The van der Waals surface area contributed by atoms with E-state index in [1.54, 1.807) is 0 Å². The molecule has 0 saturated carbocycles. The van der Waals surface area contributed by atoms with E-state index in [0.717, 1.165) is 5.69 Å². The van der Waals surface area contributed by atoms with E-state index in [4.69, 9.17) is 0 Å². The molecule has 54 heavy (non-hydrogen) atoms. The normalized spacial score (nSPS) is 13.1. The summed E-state index contributed by atoms with van der Waals surface area (Å²) in [6.07, 6.45) is 0. The van der Waals surface area contributed by atoms with E-state index in [2.05, 4.69) is 196 Å². The van der Waals surface area contributed by atoms with Gasteiger partial charge in [0.1, 0.15) is 0 Å². The van der Waals surface area contributed by atoms with Gasteiger partial charge in [0.15, 0.2) is 0 Å². The molecule has 0 N–H and O–H groups in total. The van der Waals surface area contributed by atoms with Crippen LogP contribution in [0.1, 0.15) is 0 Å². The van der Waals surface area contributed by atoms with Crippen molar-refractivity contribution in [1.29, 1.82) is 0 Å². The van der Waals surface area contributed by atoms with Gasteiger partial charge in [-0.1, -0.05) is 146 Å². The van der Waals surface area contributed by atoms with Gasteiger partial charge in [-0.25, -0.2) is 0 Å². The van der Waals surface area contributed by atoms with Crippen molar-refractivity contribution in [3.05, 3.63) is 182 Å². The summed E-state index contributed by atoms with van der Waals surface area (Å²) in [6, 6.07) is 67.7. The van der Waals surface area contributed by atoms with Gasteiger partial charge in [0.25, 0.3) is 0 Å². The second kappa shape index (κ2) is 10.3. The molecule has 0 aliphatic carbocycles. The van der Waals surface area contributed by atoms with E-state index in [-0.39, 0.29) is 6.85 Å². The van der Waals surface area contributed by atoms with Crippen LogP contribution in [0.3, 0.4) is 0 Å². The number of hydrogen-bond acceptors (Lipinski definition) is 1. The second-order valence-electron chi connectivity index (χ2n) is 14.8. The predicted octanol–water partition coefficient (Wildman–Crippen LogP) is 11.6. The summed E-state index contributed by atoms with van der Waals surface area (Å²) >= 11 is 0. The summed E-state index contributed by atoms with van der Waals surface area (Å²) in [7, 11) is 0. The van der Waals surface area contributed by atoms with Crippen LogP contribution in [0.25, 0.3) is 82.0 Å². The lowest BCUT2D eigenvalue weighted by Gasteiger charge is -2.42. The summed E-state index contributed by atoms with van der Waals surface area (Å²) in [4.78, 5) is 2.65. The third kappa shape index (κ3) is 3.48. The van der Waals surface area contributed by atoms with E-state index >= 15 is 0 Å². The molecule has 2 aliphatic heterocycles.